The second-order valence-electron chi connectivity index (χ2n) is 7.13. The largest absolute Gasteiger partial charge is 0.342 e. The maximum atomic E-state index is 12.7. The van der Waals surface area contributed by atoms with Crippen LogP contribution in [0.5, 0.6) is 0 Å². The summed E-state index contributed by atoms with van der Waals surface area (Å²) in [6.07, 6.45) is 0. The molecule has 0 saturated carbocycles. The predicted octanol–water partition coefficient (Wildman–Crippen LogP) is 2.29. The van der Waals surface area contributed by atoms with Crippen molar-refractivity contribution in [2.45, 2.75) is 60.5 Å². The first-order chi connectivity index (χ1) is 9.16. The van der Waals surface area contributed by atoms with Gasteiger partial charge in [0.25, 0.3) is 0 Å². The molecule has 3 atom stereocenters. The van der Waals surface area contributed by atoms with E-state index in [1.165, 1.54) is 0 Å². The van der Waals surface area contributed by atoms with E-state index in [1.54, 1.807) is 0 Å². The normalized spacial score (nSPS) is 25.6. The molecule has 3 unspecified atom stereocenters. The molecule has 1 aliphatic heterocycles. The van der Waals surface area contributed by atoms with Crippen LogP contribution in [-0.2, 0) is 9.59 Å². The molecular formula is C16H30N2O2. The third kappa shape index (κ3) is 3.53. The number of rotatable bonds is 5. The van der Waals surface area contributed by atoms with E-state index >= 15 is 0 Å². The van der Waals surface area contributed by atoms with E-state index in [-0.39, 0.29) is 35.7 Å². The first-order valence-corrected chi connectivity index (χ1v) is 7.77. The molecule has 1 N–H and O–H groups in total. The first kappa shape index (κ1) is 17.0. The Balaban J connectivity index is 3.02. The first-order valence-electron chi connectivity index (χ1n) is 7.77. The molecule has 20 heavy (non-hydrogen) atoms. The number of nitrogens with one attached hydrogen (secondary N) is 1. The second-order valence-corrected chi connectivity index (χ2v) is 7.13. The van der Waals surface area contributed by atoms with Crippen molar-refractivity contribution < 1.29 is 9.59 Å². The molecule has 116 valence electrons. The van der Waals surface area contributed by atoms with Gasteiger partial charge < -0.3 is 10.2 Å². The van der Waals surface area contributed by atoms with Gasteiger partial charge in [-0.1, -0.05) is 48.5 Å². The number of hydrogen-bond donors (Lipinski definition) is 1. The van der Waals surface area contributed by atoms with E-state index < -0.39 is 0 Å². The number of piperazine rings is 1. The summed E-state index contributed by atoms with van der Waals surface area (Å²) in [5, 5.41) is 2.90. The molecule has 4 nitrogen and oxygen atoms in total. The van der Waals surface area contributed by atoms with Crippen LogP contribution in [0.25, 0.3) is 0 Å². The zero-order valence-corrected chi connectivity index (χ0v) is 13.9. The SMILES string of the molecule is CC(C)C(C)CN1C(=O)C(C(C)C)NC(=O)C1C(C)C. The van der Waals surface area contributed by atoms with Gasteiger partial charge in [-0.3, -0.25) is 9.59 Å². The van der Waals surface area contributed by atoms with E-state index in [0.29, 0.717) is 18.4 Å². The molecule has 2 amide bonds. The highest BCUT2D eigenvalue weighted by molar-refractivity contribution is 5.97. The summed E-state index contributed by atoms with van der Waals surface area (Å²) < 4.78 is 0. The molecule has 1 saturated heterocycles. The van der Waals surface area contributed by atoms with Gasteiger partial charge in [-0.15, -0.1) is 0 Å². The van der Waals surface area contributed by atoms with Gasteiger partial charge in [-0.25, -0.2) is 0 Å². The minimum absolute atomic E-state index is 0.00532. The molecule has 0 aliphatic carbocycles. The Morgan fingerprint density at radius 3 is 1.95 bits per heavy atom. The van der Waals surface area contributed by atoms with Crippen LogP contribution in [0.3, 0.4) is 0 Å². The van der Waals surface area contributed by atoms with Crippen molar-refractivity contribution >= 4 is 11.8 Å². The van der Waals surface area contributed by atoms with Gasteiger partial charge >= 0.3 is 0 Å². The molecule has 0 radical (unpaired) electrons. The number of carbonyl (C=O) groups excluding carboxylic acids is 2. The number of nitrogens with zero attached hydrogens (tertiary/aromatic N) is 1. The van der Waals surface area contributed by atoms with Gasteiger partial charge in [0.2, 0.25) is 11.8 Å². The molecule has 4 heteroatoms. The highest BCUT2D eigenvalue weighted by Gasteiger charge is 2.43. The van der Waals surface area contributed by atoms with Crippen LogP contribution < -0.4 is 5.32 Å². The average molecular weight is 282 g/mol. The molecule has 0 bridgehead atoms. The summed E-state index contributed by atoms with van der Waals surface area (Å²) in [6.45, 7) is 15.1. The lowest BCUT2D eigenvalue weighted by Crippen LogP contribution is -2.66. The Morgan fingerprint density at radius 1 is 1.00 bits per heavy atom. The Labute approximate surface area is 123 Å². The number of hydrogen-bond acceptors (Lipinski definition) is 2. The molecular weight excluding hydrogens is 252 g/mol. The number of amides is 2. The van der Waals surface area contributed by atoms with Crippen LogP contribution in [0, 0.1) is 23.7 Å². The fraction of sp³-hybridized carbons (Fsp3) is 0.875. The molecule has 1 fully saturated rings. The van der Waals surface area contributed by atoms with Crippen molar-refractivity contribution in [2.24, 2.45) is 23.7 Å². The second kappa shape index (κ2) is 6.59. The standard InChI is InChI=1S/C16H30N2O2/c1-9(2)12(7)8-18-14(11(5)6)15(19)17-13(10(3)4)16(18)20/h9-14H,8H2,1-7H3,(H,17,19). The van der Waals surface area contributed by atoms with E-state index in [4.69, 9.17) is 0 Å². The monoisotopic (exact) mass is 282 g/mol. The lowest BCUT2D eigenvalue weighted by atomic mass is 9.90. The van der Waals surface area contributed by atoms with Crippen LogP contribution in [-0.4, -0.2) is 35.3 Å². The maximum Gasteiger partial charge on any atom is 0.246 e. The van der Waals surface area contributed by atoms with Gasteiger partial charge in [-0.2, -0.15) is 0 Å². The molecule has 1 aliphatic rings. The molecule has 0 spiro atoms. The van der Waals surface area contributed by atoms with E-state index in [1.807, 2.05) is 32.6 Å². The predicted molar refractivity (Wildman–Crippen MR) is 81.1 cm³/mol. The van der Waals surface area contributed by atoms with Crippen LogP contribution in [0.1, 0.15) is 48.5 Å². The van der Waals surface area contributed by atoms with E-state index in [9.17, 15) is 9.59 Å². The van der Waals surface area contributed by atoms with Gasteiger partial charge in [0.1, 0.15) is 12.1 Å². The molecule has 0 aromatic carbocycles. The van der Waals surface area contributed by atoms with Gasteiger partial charge in [0.05, 0.1) is 0 Å². The van der Waals surface area contributed by atoms with Crippen molar-refractivity contribution in [1.82, 2.24) is 10.2 Å². The minimum Gasteiger partial charge on any atom is -0.342 e. The van der Waals surface area contributed by atoms with Gasteiger partial charge in [0.15, 0.2) is 0 Å². The third-order valence-corrected chi connectivity index (χ3v) is 4.37. The van der Waals surface area contributed by atoms with E-state index in [2.05, 4.69) is 26.1 Å². The Hall–Kier alpha value is -1.06. The molecule has 1 heterocycles. The third-order valence-electron chi connectivity index (χ3n) is 4.37. The topological polar surface area (TPSA) is 49.4 Å². The quantitative estimate of drug-likeness (QED) is 0.841. The summed E-state index contributed by atoms with van der Waals surface area (Å²) >= 11 is 0. The zero-order chi connectivity index (χ0) is 15.6. The summed E-state index contributed by atoms with van der Waals surface area (Å²) in [5.74, 6) is 1.21. The van der Waals surface area contributed by atoms with Crippen molar-refractivity contribution in [3.05, 3.63) is 0 Å². The Kier molecular flexibility index (Phi) is 5.60. The molecule has 1 rings (SSSR count). The van der Waals surface area contributed by atoms with Gasteiger partial charge in [0, 0.05) is 6.54 Å². The lowest BCUT2D eigenvalue weighted by Gasteiger charge is -2.43. The fourth-order valence-corrected chi connectivity index (χ4v) is 2.60. The summed E-state index contributed by atoms with van der Waals surface area (Å²) in [7, 11) is 0. The van der Waals surface area contributed by atoms with Crippen molar-refractivity contribution in [2.75, 3.05) is 6.54 Å². The average Bonchev–Trinajstić information content (AvgIpc) is 2.32. The summed E-state index contributed by atoms with van der Waals surface area (Å²) in [6, 6.07) is -0.712. The minimum atomic E-state index is -0.378. The van der Waals surface area contributed by atoms with Crippen LogP contribution in [0.15, 0.2) is 0 Å². The summed E-state index contributed by atoms with van der Waals surface area (Å²) in [4.78, 5) is 26.9. The van der Waals surface area contributed by atoms with E-state index in [0.717, 1.165) is 0 Å². The van der Waals surface area contributed by atoms with Crippen LogP contribution in [0.4, 0.5) is 0 Å². The fourth-order valence-electron chi connectivity index (χ4n) is 2.60. The summed E-state index contributed by atoms with van der Waals surface area (Å²) in [5.41, 5.74) is 0. The van der Waals surface area contributed by atoms with Crippen molar-refractivity contribution in [1.29, 1.82) is 0 Å². The van der Waals surface area contributed by atoms with Crippen molar-refractivity contribution in [3.63, 3.8) is 0 Å². The van der Waals surface area contributed by atoms with Crippen LogP contribution >= 0.6 is 0 Å². The number of carbonyl (C=O) groups is 2. The lowest BCUT2D eigenvalue weighted by molar-refractivity contribution is -0.153. The maximum absolute atomic E-state index is 12.7. The highest BCUT2D eigenvalue weighted by atomic mass is 16.2. The highest BCUT2D eigenvalue weighted by Crippen LogP contribution is 2.23. The molecule has 0 aromatic heterocycles. The smallest absolute Gasteiger partial charge is 0.246 e. The Morgan fingerprint density at radius 2 is 1.55 bits per heavy atom. The van der Waals surface area contributed by atoms with Gasteiger partial charge in [-0.05, 0) is 23.7 Å². The van der Waals surface area contributed by atoms with Crippen LogP contribution in [0.2, 0.25) is 0 Å². The molecule has 0 aromatic rings. The zero-order valence-electron chi connectivity index (χ0n) is 13.9. The Bertz CT molecular complexity index is 363. The van der Waals surface area contributed by atoms with Crippen molar-refractivity contribution in [3.8, 4) is 0 Å².